The van der Waals surface area contributed by atoms with Gasteiger partial charge in [-0.15, -0.1) is 10.2 Å². The van der Waals surface area contributed by atoms with Crippen LogP contribution in [0.4, 0.5) is 13.2 Å². The maximum atomic E-state index is 12.8. The van der Waals surface area contributed by atoms with E-state index >= 15 is 0 Å². The van der Waals surface area contributed by atoms with Crippen LogP contribution < -0.4 is 0 Å². The minimum atomic E-state index is -4.54. The van der Waals surface area contributed by atoms with E-state index in [4.69, 9.17) is 16.3 Å². The smallest absolute Gasteiger partial charge is 0.417 e. The van der Waals surface area contributed by atoms with Crippen LogP contribution in [0.2, 0.25) is 5.02 Å². The number of esters is 1. The summed E-state index contributed by atoms with van der Waals surface area (Å²) in [6.07, 6.45) is -2.03. The van der Waals surface area contributed by atoms with Crippen molar-refractivity contribution in [1.29, 1.82) is 0 Å². The van der Waals surface area contributed by atoms with Gasteiger partial charge in [-0.05, 0) is 12.5 Å². The summed E-state index contributed by atoms with van der Waals surface area (Å²) in [7, 11) is 0. The molecule has 0 saturated heterocycles. The molecule has 0 aliphatic carbocycles. The van der Waals surface area contributed by atoms with E-state index in [0.717, 1.165) is 41.3 Å². The lowest BCUT2D eigenvalue weighted by Gasteiger charge is -2.08. The number of carbonyl (C=O) groups excluding carboxylic acids is 1. The molecule has 10 heteroatoms. The van der Waals surface area contributed by atoms with Crippen molar-refractivity contribution < 1.29 is 22.7 Å². The topological polar surface area (TPSA) is 56.5 Å². The highest BCUT2D eigenvalue weighted by Gasteiger charge is 2.32. The van der Waals surface area contributed by atoms with Crippen LogP contribution in [0.25, 0.3) is 5.65 Å². The van der Waals surface area contributed by atoms with Gasteiger partial charge in [0.1, 0.15) is 0 Å². The van der Waals surface area contributed by atoms with Crippen LogP contribution >= 0.6 is 23.4 Å². The maximum Gasteiger partial charge on any atom is 0.417 e. The lowest BCUT2D eigenvalue weighted by atomic mass is 10.3. The predicted molar refractivity (Wildman–Crippen MR) is 79.6 cm³/mol. The minimum Gasteiger partial charge on any atom is -0.465 e. The first kappa shape index (κ1) is 17.9. The highest BCUT2D eigenvalue weighted by Crippen LogP contribution is 2.33. The maximum absolute atomic E-state index is 12.8. The number of thioether (sulfide) groups is 1. The zero-order valence-electron chi connectivity index (χ0n) is 12.1. The van der Waals surface area contributed by atoms with Crippen molar-refractivity contribution in [3.8, 4) is 0 Å². The molecule has 23 heavy (non-hydrogen) atoms. The molecule has 0 unspecified atom stereocenters. The molecule has 0 radical (unpaired) electrons. The normalized spacial score (nSPS) is 11.9. The van der Waals surface area contributed by atoms with Gasteiger partial charge in [-0.1, -0.05) is 36.7 Å². The first-order chi connectivity index (χ1) is 10.8. The first-order valence-electron chi connectivity index (χ1n) is 6.72. The number of ether oxygens (including phenoxy) is 1. The van der Waals surface area contributed by atoms with Crippen molar-refractivity contribution in [3.05, 3.63) is 22.8 Å². The molecule has 2 heterocycles. The minimum absolute atomic E-state index is 0.0711. The number of pyridine rings is 1. The summed E-state index contributed by atoms with van der Waals surface area (Å²) in [4.78, 5) is 11.5. The van der Waals surface area contributed by atoms with Crippen LogP contribution in [0, 0.1) is 0 Å². The van der Waals surface area contributed by atoms with Crippen LogP contribution in [0.5, 0.6) is 0 Å². The molecule has 2 aromatic rings. The zero-order chi connectivity index (χ0) is 17.0. The lowest BCUT2D eigenvalue weighted by molar-refractivity contribution is -0.140. The van der Waals surface area contributed by atoms with Gasteiger partial charge in [0, 0.05) is 6.20 Å². The fraction of sp³-hybridized carbons (Fsp3) is 0.462. The monoisotopic (exact) mass is 367 g/mol. The highest BCUT2D eigenvalue weighted by atomic mass is 35.5. The van der Waals surface area contributed by atoms with Gasteiger partial charge in [-0.25, -0.2) is 0 Å². The number of hydrogen-bond donors (Lipinski definition) is 0. The third-order valence-electron chi connectivity index (χ3n) is 2.84. The molecule has 0 aliphatic heterocycles. The Kier molecular flexibility index (Phi) is 5.74. The molecule has 0 atom stereocenters. The number of alkyl halides is 3. The fourth-order valence-electron chi connectivity index (χ4n) is 1.68. The Morgan fingerprint density at radius 3 is 2.83 bits per heavy atom. The van der Waals surface area contributed by atoms with Gasteiger partial charge < -0.3 is 4.74 Å². The summed E-state index contributed by atoms with van der Waals surface area (Å²) >= 11 is 6.74. The van der Waals surface area contributed by atoms with Gasteiger partial charge in [0.2, 0.25) is 0 Å². The summed E-state index contributed by atoms with van der Waals surface area (Å²) in [5, 5.41) is 7.48. The molecular formula is C13H13ClF3N3O2S. The second-order valence-electron chi connectivity index (χ2n) is 4.61. The van der Waals surface area contributed by atoms with Crippen molar-refractivity contribution >= 4 is 35.0 Å². The SMILES string of the molecule is CCCCOC(=O)CSc1nnc2c(Cl)cc(C(F)(F)F)cn12. The third kappa shape index (κ3) is 4.51. The van der Waals surface area contributed by atoms with E-state index < -0.39 is 17.7 Å². The molecule has 0 saturated carbocycles. The molecule has 0 amide bonds. The molecule has 0 bridgehead atoms. The molecular weight excluding hydrogens is 355 g/mol. The van der Waals surface area contributed by atoms with E-state index in [9.17, 15) is 18.0 Å². The van der Waals surface area contributed by atoms with Gasteiger partial charge >= 0.3 is 12.1 Å². The van der Waals surface area contributed by atoms with Crippen LogP contribution in [-0.4, -0.2) is 32.9 Å². The van der Waals surface area contributed by atoms with Crippen molar-refractivity contribution in [2.24, 2.45) is 0 Å². The quantitative estimate of drug-likeness (QED) is 0.441. The molecule has 0 N–H and O–H groups in total. The van der Waals surface area contributed by atoms with Crippen molar-refractivity contribution in [3.63, 3.8) is 0 Å². The Hall–Kier alpha value is -1.48. The molecule has 0 spiro atoms. The molecule has 0 fully saturated rings. The number of fused-ring (bicyclic) bond motifs is 1. The van der Waals surface area contributed by atoms with Crippen molar-refractivity contribution in [1.82, 2.24) is 14.6 Å². The van der Waals surface area contributed by atoms with Gasteiger partial charge in [-0.3, -0.25) is 9.20 Å². The van der Waals surface area contributed by atoms with Crippen molar-refractivity contribution in [2.45, 2.75) is 31.1 Å². The molecule has 2 rings (SSSR count). The highest BCUT2D eigenvalue weighted by molar-refractivity contribution is 7.99. The number of hydrogen-bond acceptors (Lipinski definition) is 5. The van der Waals surface area contributed by atoms with E-state index in [1.807, 2.05) is 6.92 Å². The second kappa shape index (κ2) is 7.39. The molecule has 126 valence electrons. The standard InChI is InChI=1S/C13H13ClF3N3O2S/c1-2-3-4-22-10(21)7-23-12-19-18-11-9(14)5-8(6-20(11)12)13(15,16)17/h5-6H,2-4,7H2,1H3. The summed E-state index contributed by atoms with van der Waals surface area (Å²) in [5.41, 5.74) is -0.816. The average molecular weight is 368 g/mol. The number of unbranched alkanes of at least 4 members (excludes halogenated alkanes) is 1. The van der Waals surface area contributed by atoms with E-state index in [1.165, 1.54) is 0 Å². The van der Waals surface area contributed by atoms with Gasteiger partial charge in [-0.2, -0.15) is 13.2 Å². The Labute approximate surface area is 139 Å². The third-order valence-corrected chi connectivity index (χ3v) is 4.03. The van der Waals surface area contributed by atoms with Crippen LogP contribution in [0.1, 0.15) is 25.3 Å². The second-order valence-corrected chi connectivity index (χ2v) is 5.96. The van der Waals surface area contributed by atoms with Crippen LogP contribution in [-0.2, 0) is 15.7 Å². The number of halogens is 4. The van der Waals surface area contributed by atoms with E-state index in [2.05, 4.69) is 10.2 Å². The fourth-order valence-corrected chi connectivity index (χ4v) is 2.64. The summed E-state index contributed by atoms with van der Waals surface area (Å²) in [6.45, 7) is 2.29. The summed E-state index contributed by atoms with van der Waals surface area (Å²) in [6, 6.07) is 0.791. The van der Waals surface area contributed by atoms with Gasteiger partial charge in [0.25, 0.3) is 0 Å². The molecule has 5 nitrogen and oxygen atoms in total. The molecule has 0 aromatic carbocycles. The Morgan fingerprint density at radius 2 is 2.17 bits per heavy atom. The van der Waals surface area contributed by atoms with Crippen molar-refractivity contribution in [2.75, 3.05) is 12.4 Å². The number of nitrogens with zero attached hydrogens (tertiary/aromatic N) is 3. The number of rotatable bonds is 6. The predicted octanol–water partition coefficient (Wildman–Crippen LogP) is 3.84. The largest absolute Gasteiger partial charge is 0.465 e. The van der Waals surface area contributed by atoms with E-state index in [0.29, 0.717) is 6.61 Å². The van der Waals surface area contributed by atoms with Crippen LogP contribution in [0.15, 0.2) is 17.4 Å². The van der Waals surface area contributed by atoms with E-state index in [1.54, 1.807) is 0 Å². The van der Waals surface area contributed by atoms with E-state index in [-0.39, 0.29) is 21.6 Å². The van der Waals surface area contributed by atoms with Gasteiger partial charge in [0.15, 0.2) is 10.8 Å². The summed E-state index contributed by atoms with van der Waals surface area (Å²) in [5.74, 6) is -0.531. The Bertz CT molecular complexity index is 706. The summed E-state index contributed by atoms with van der Waals surface area (Å²) < 4.78 is 44.6. The Balaban J connectivity index is 2.15. The zero-order valence-corrected chi connectivity index (χ0v) is 13.6. The Morgan fingerprint density at radius 1 is 1.43 bits per heavy atom. The number of aromatic nitrogens is 3. The average Bonchev–Trinajstić information content (AvgIpc) is 2.88. The van der Waals surface area contributed by atoms with Crippen LogP contribution in [0.3, 0.4) is 0 Å². The molecule has 0 aliphatic rings. The lowest BCUT2D eigenvalue weighted by Crippen LogP contribution is -2.09. The van der Waals surface area contributed by atoms with Gasteiger partial charge in [0.05, 0.1) is 22.9 Å². The molecule has 2 aromatic heterocycles. The number of carbonyl (C=O) groups is 1. The first-order valence-corrected chi connectivity index (χ1v) is 8.09.